The molecule has 174 valence electrons. The monoisotopic (exact) mass is 446 g/mol. The smallest absolute Gasteiger partial charge is 0.475 e. The summed E-state index contributed by atoms with van der Waals surface area (Å²) in [4.78, 5) is 26.1. The minimum Gasteiger partial charge on any atom is -0.475 e. The maximum atomic E-state index is 12.8. The van der Waals surface area contributed by atoms with Gasteiger partial charge in [0, 0.05) is 57.4 Å². The Balaban J connectivity index is 0.000000339. The fourth-order valence-corrected chi connectivity index (χ4v) is 4.47. The van der Waals surface area contributed by atoms with Crippen LogP contribution < -0.4 is 0 Å². The molecule has 1 spiro atoms. The van der Waals surface area contributed by atoms with Crippen LogP contribution in [-0.4, -0.2) is 89.2 Å². The number of hydrogen-bond acceptors (Lipinski definition) is 5. The maximum Gasteiger partial charge on any atom is 0.490 e. The van der Waals surface area contributed by atoms with Crippen molar-refractivity contribution in [1.29, 1.82) is 0 Å². The van der Waals surface area contributed by atoms with Crippen LogP contribution in [-0.2, 0) is 16.6 Å². The molecule has 0 aromatic carbocycles. The van der Waals surface area contributed by atoms with E-state index in [1.807, 2.05) is 18.0 Å². The van der Waals surface area contributed by atoms with E-state index in [9.17, 15) is 18.0 Å². The number of halogens is 3. The highest BCUT2D eigenvalue weighted by Crippen LogP contribution is 2.44. The number of amides is 1. The molecule has 2 saturated heterocycles. The summed E-state index contributed by atoms with van der Waals surface area (Å²) >= 11 is 0. The first kappa shape index (κ1) is 23.5. The zero-order chi connectivity index (χ0) is 22.8. The van der Waals surface area contributed by atoms with Crippen molar-refractivity contribution >= 4 is 11.9 Å². The predicted octanol–water partition coefficient (Wildman–Crippen LogP) is 1.87. The van der Waals surface area contributed by atoms with Crippen LogP contribution in [0.5, 0.6) is 0 Å². The first-order valence-corrected chi connectivity index (χ1v) is 10.4. The van der Waals surface area contributed by atoms with E-state index < -0.39 is 12.1 Å². The summed E-state index contributed by atoms with van der Waals surface area (Å²) in [5, 5.41) is 11.3. The topological polar surface area (TPSA) is 87.9 Å². The number of likely N-dealkylation sites (tertiary alicyclic amines) is 2. The third kappa shape index (κ3) is 5.76. The van der Waals surface area contributed by atoms with Gasteiger partial charge in [-0.05, 0) is 38.3 Å². The second kappa shape index (κ2) is 9.15. The Bertz CT molecular complexity index is 796. The van der Waals surface area contributed by atoms with Gasteiger partial charge < -0.3 is 19.6 Å². The van der Waals surface area contributed by atoms with Gasteiger partial charge in [-0.3, -0.25) is 9.48 Å². The molecule has 31 heavy (non-hydrogen) atoms. The summed E-state index contributed by atoms with van der Waals surface area (Å²) in [5.74, 6) is -1.30. The molecule has 1 aromatic heterocycles. The van der Waals surface area contributed by atoms with E-state index in [0.717, 1.165) is 51.7 Å². The average molecular weight is 446 g/mol. The third-order valence-corrected chi connectivity index (χ3v) is 6.31. The van der Waals surface area contributed by atoms with E-state index in [-0.39, 0.29) is 11.3 Å². The van der Waals surface area contributed by atoms with Crippen LogP contribution in [0.25, 0.3) is 0 Å². The molecule has 3 heterocycles. The number of hydrogen-bond donors (Lipinski definition) is 1. The molecular weight excluding hydrogens is 417 g/mol. The largest absolute Gasteiger partial charge is 0.490 e. The van der Waals surface area contributed by atoms with Gasteiger partial charge in [-0.2, -0.15) is 18.3 Å². The second-order valence-electron chi connectivity index (χ2n) is 8.86. The van der Waals surface area contributed by atoms with Crippen LogP contribution in [0.1, 0.15) is 29.8 Å². The number of aliphatic carboxylic acids is 1. The van der Waals surface area contributed by atoms with E-state index in [2.05, 4.69) is 17.0 Å². The number of ether oxygens (including phenoxy) is 1. The number of carbonyl (C=O) groups is 2. The molecule has 1 aromatic rings. The Morgan fingerprint density at radius 1 is 1.26 bits per heavy atom. The molecule has 4 rings (SSSR count). The van der Waals surface area contributed by atoms with Crippen LogP contribution in [0.15, 0.2) is 12.3 Å². The first-order chi connectivity index (χ1) is 14.5. The Kier molecular flexibility index (Phi) is 6.95. The Labute approximate surface area is 178 Å². The highest BCUT2D eigenvalue weighted by atomic mass is 19.4. The molecule has 0 unspecified atom stereocenters. The molecule has 3 aliphatic rings. The number of rotatable bonds is 5. The van der Waals surface area contributed by atoms with Crippen molar-refractivity contribution < 1.29 is 32.6 Å². The first-order valence-electron chi connectivity index (χ1n) is 10.4. The Hall–Kier alpha value is -2.14. The molecule has 1 N–H and O–H groups in total. The SMILES string of the molecule is CN1C[C@@H](COCC2CC2)[C@]2(CCN(C(=O)c3ccnn3C)C2)C1.O=C(O)C(F)(F)F. The zero-order valence-electron chi connectivity index (χ0n) is 17.8. The standard InChI is InChI=1S/C18H28N4O2.C2HF3O2/c1-20-9-15(11-24-10-14-3-4-14)18(12-20)6-8-22(13-18)17(23)16-5-7-19-21(16)2;3-2(4,5)1(6)7/h5,7,14-15H,3-4,6,8-13H2,1-2H3;(H,6,7)/t15-,18+;/m0./s1. The molecule has 0 radical (unpaired) electrons. The van der Waals surface area contributed by atoms with Gasteiger partial charge in [0.15, 0.2) is 0 Å². The van der Waals surface area contributed by atoms with Crippen molar-refractivity contribution in [3.8, 4) is 0 Å². The molecule has 8 nitrogen and oxygen atoms in total. The highest BCUT2D eigenvalue weighted by Gasteiger charge is 2.50. The molecule has 1 saturated carbocycles. The molecule has 3 fully saturated rings. The number of aromatic nitrogens is 2. The van der Waals surface area contributed by atoms with Crippen molar-refractivity contribution in [2.75, 3.05) is 46.4 Å². The quantitative estimate of drug-likeness (QED) is 0.743. The predicted molar refractivity (Wildman–Crippen MR) is 104 cm³/mol. The Morgan fingerprint density at radius 3 is 2.48 bits per heavy atom. The molecule has 1 amide bonds. The minimum atomic E-state index is -5.08. The van der Waals surface area contributed by atoms with Crippen molar-refractivity contribution in [3.05, 3.63) is 18.0 Å². The lowest BCUT2D eigenvalue weighted by atomic mass is 9.77. The molecule has 2 aliphatic heterocycles. The van der Waals surface area contributed by atoms with Crippen LogP contribution in [0, 0.1) is 17.3 Å². The number of aryl methyl sites for hydroxylation is 1. The van der Waals surface area contributed by atoms with Gasteiger partial charge in [0.25, 0.3) is 5.91 Å². The lowest BCUT2D eigenvalue weighted by molar-refractivity contribution is -0.192. The van der Waals surface area contributed by atoms with Gasteiger partial charge in [-0.25, -0.2) is 4.79 Å². The van der Waals surface area contributed by atoms with Crippen LogP contribution in [0.2, 0.25) is 0 Å². The Morgan fingerprint density at radius 2 is 1.94 bits per heavy atom. The summed E-state index contributed by atoms with van der Waals surface area (Å²) < 4.78 is 39.4. The average Bonchev–Trinajstić information content (AvgIpc) is 3.11. The van der Waals surface area contributed by atoms with Gasteiger partial charge in [-0.1, -0.05) is 0 Å². The number of nitrogens with zero attached hydrogens (tertiary/aromatic N) is 4. The van der Waals surface area contributed by atoms with Crippen LogP contribution >= 0.6 is 0 Å². The number of carbonyl (C=O) groups excluding carboxylic acids is 1. The van der Waals surface area contributed by atoms with Crippen molar-refractivity contribution in [2.45, 2.75) is 25.4 Å². The number of carboxylic acid groups (broad SMARTS) is 1. The lowest BCUT2D eigenvalue weighted by Gasteiger charge is -2.30. The molecule has 0 bridgehead atoms. The number of alkyl halides is 3. The lowest BCUT2D eigenvalue weighted by Crippen LogP contribution is -2.38. The summed E-state index contributed by atoms with van der Waals surface area (Å²) in [5.41, 5.74) is 0.881. The molecule has 11 heteroatoms. The number of carboxylic acids is 1. The maximum absolute atomic E-state index is 12.8. The van der Waals surface area contributed by atoms with E-state index in [1.165, 1.54) is 12.8 Å². The molecule has 2 atom stereocenters. The second-order valence-corrected chi connectivity index (χ2v) is 8.86. The van der Waals surface area contributed by atoms with E-state index in [1.54, 1.807) is 10.9 Å². The summed E-state index contributed by atoms with van der Waals surface area (Å²) in [7, 11) is 4.02. The van der Waals surface area contributed by atoms with E-state index in [0.29, 0.717) is 11.6 Å². The third-order valence-electron chi connectivity index (χ3n) is 6.31. The highest BCUT2D eigenvalue weighted by molar-refractivity contribution is 5.92. The summed E-state index contributed by atoms with van der Waals surface area (Å²) in [6.07, 6.45) is 0.362. The molecular formula is C20H29F3N4O4. The van der Waals surface area contributed by atoms with Crippen molar-refractivity contribution in [3.63, 3.8) is 0 Å². The van der Waals surface area contributed by atoms with Gasteiger partial charge >= 0.3 is 12.1 Å². The van der Waals surface area contributed by atoms with Crippen LogP contribution in [0.3, 0.4) is 0 Å². The van der Waals surface area contributed by atoms with Gasteiger partial charge in [0.1, 0.15) is 5.69 Å². The molecule has 1 aliphatic carbocycles. The normalized spacial score (nSPS) is 26.2. The van der Waals surface area contributed by atoms with E-state index in [4.69, 9.17) is 14.6 Å². The van der Waals surface area contributed by atoms with Crippen LogP contribution in [0.4, 0.5) is 13.2 Å². The van der Waals surface area contributed by atoms with Crippen molar-refractivity contribution in [1.82, 2.24) is 19.6 Å². The zero-order valence-corrected chi connectivity index (χ0v) is 17.8. The summed E-state index contributed by atoms with van der Waals surface area (Å²) in [6, 6.07) is 1.81. The van der Waals surface area contributed by atoms with E-state index >= 15 is 0 Å². The van der Waals surface area contributed by atoms with Gasteiger partial charge in [-0.15, -0.1) is 0 Å². The van der Waals surface area contributed by atoms with Gasteiger partial charge in [0.2, 0.25) is 0 Å². The fourth-order valence-electron chi connectivity index (χ4n) is 4.47. The fraction of sp³-hybridized carbons (Fsp3) is 0.750. The van der Waals surface area contributed by atoms with Crippen molar-refractivity contribution in [2.24, 2.45) is 24.3 Å². The minimum absolute atomic E-state index is 0.110. The summed E-state index contributed by atoms with van der Waals surface area (Å²) in [6.45, 7) is 5.61. The van der Waals surface area contributed by atoms with Gasteiger partial charge in [0.05, 0.1) is 6.61 Å².